The molecule has 1 heterocycles. The fourth-order valence-electron chi connectivity index (χ4n) is 7.22. The van der Waals surface area contributed by atoms with Crippen LogP contribution in [-0.4, -0.2) is 23.8 Å². The van der Waals surface area contributed by atoms with Gasteiger partial charge in [0.2, 0.25) is 0 Å². The van der Waals surface area contributed by atoms with Crippen LogP contribution in [0.15, 0.2) is 34.9 Å². The summed E-state index contributed by atoms with van der Waals surface area (Å²) in [6.45, 7) is 5.34. The molecule has 0 amide bonds. The number of hydrogen-bond acceptors (Lipinski definition) is 3. The molecule has 6 atom stereocenters. The molecule has 0 aromatic rings. The minimum atomic E-state index is -0.194. The largest absolute Gasteiger partial charge is 0.458 e. The number of rotatable bonds is 1. The second-order valence-corrected chi connectivity index (χ2v) is 9.77. The summed E-state index contributed by atoms with van der Waals surface area (Å²) in [7, 11) is 0. The van der Waals surface area contributed by atoms with E-state index in [0.29, 0.717) is 23.9 Å². The van der Waals surface area contributed by atoms with Crippen molar-refractivity contribution < 1.29 is 14.6 Å². The maximum atomic E-state index is 11.6. The topological polar surface area (TPSA) is 46.5 Å². The zero-order chi connectivity index (χ0) is 18.1. The van der Waals surface area contributed by atoms with Gasteiger partial charge in [-0.2, -0.15) is 0 Å². The summed E-state index contributed by atoms with van der Waals surface area (Å²) in [6.07, 6.45) is 14.4. The molecule has 5 rings (SSSR count). The van der Waals surface area contributed by atoms with E-state index in [9.17, 15) is 9.90 Å². The SMILES string of the molecule is CC12CCC3C(CCC4CC(O)CCC43C)C1=CC=C2C1=CC(=O)OC1. The minimum Gasteiger partial charge on any atom is -0.458 e. The summed E-state index contributed by atoms with van der Waals surface area (Å²) in [4.78, 5) is 11.6. The van der Waals surface area contributed by atoms with Crippen LogP contribution in [0.2, 0.25) is 0 Å². The lowest BCUT2D eigenvalue weighted by molar-refractivity contribution is -0.134. The summed E-state index contributed by atoms with van der Waals surface area (Å²) >= 11 is 0. The van der Waals surface area contributed by atoms with Crippen LogP contribution in [0.25, 0.3) is 0 Å². The number of ether oxygens (including phenoxy) is 1. The van der Waals surface area contributed by atoms with Gasteiger partial charge in [0.25, 0.3) is 0 Å². The van der Waals surface area contributed by atoms with Gasteiger partial charge in [-0.25, -0.2) is 4.79 Å². The summed E-state index contributed by atoms with van der Waals surface area (Å²) in [5, 5.41) is 10.2. The Hall–Kier alpha value is -1.35. The van der Waals surface area contributed by atoms with Crippen LogP contribution in [0.1, 0.15) is 58.8 Å². The van der Waals surface area contributed by atoms with Crippen molar-refractivity contribution in [1.29, 1.82) is 0 Å². The highest BCUT2D eigenvalue weighted by molar-refractivity contribution is 5.87. The van der Waals surface area contributed by atoms with E-state index >= 15 is 0 Å². The van der Waals surface area contributed by atoms with Gasteiger partial charge in [0.1, 0.15) is 6.61 Å². The van der Waals surface area contributed by atoms with E-state index in [4.69, 9.17) is 4.74 Å². The first kappa shape index (κ1) is 16.8. The molecule has 5 aliphatic rings. The van der Waals surface area contributed by atoms with Gasteiger partial charge in [0.15, 0.2) is 0 Å². The third-order valence-electron chi connectivity index (χ3n) is 8.69. The molecule has 0 aromatic heterocycles. The Morgan fingerprint density at radius 3 is 2.73 bits per heavy atom. The Kier molecular flexibility index (Phi) is 3.60. The molecule has 4 aliphatic carbocycles. The molecule has 0 bridgehead atoms. The van der Waals surface area contributed by atoms with Crippen LogP contribution in [0, 0.1) is 28.6 Å². The van der Waals surface area contributed by atoms with Crippen molar-refractivity contribution in [1.82, 2.24) is 0 Å². The quantitative estimate of drug-likeness (QED) is 0.713. The first-order valence-electron chi connectivity index (χ1n) is 10.4. The summed E-state index contributed by atoms with van der Waals surface area (Å²) in [5.41, 5.74) is 4.48. The molecule has 1 aliphatic heterocycles. The molecule has 0 aromatic carbocycles. The molecular formula is C23H30O3. The number of aliphatic hydroxyl groups is 1. The molecule has 3 saturated carbocycles. The first-order chi connectivity index (χ1) is 12.4. The van der Waals surface area contributed by atoms with Crippen LogP contribution in [0.5, 0.6) is 0 Å². The molecule has 0 radical (unpaired) electrons. The smallest absolute Gasteiger partial charge is 0.331 e. The van der Waals surface area contributed by atoms with Gasteiger partial charge < -0.3 is 9.84 Å². The van der Waals surface area contributed by atoms with E-state index in [2.05, 4.69) is 26.0 Å². The number of fused-ring (bicyclic) bond motifs is 5. The highest BCUT2D eigenvalue weighted by Gasteiger charge is 2.56. The Morgan fingerprint density at radius 1 is 1.12 bits per heavy atom. The predicted molar refractivity (Wildman–Crippen MR) is 100 cm³/mol. The Labute approximate surface area is 156 Å². The summed E-state index contributed by atoms with van der Waals surface area (Å²) in [6, 6.07) is 0. The molecule has 3 fully saturated rings. The van der Waals surface area contributed by atoms with Crippen molar-refractivity contribution >= 4 is 5.97 Å². The standard InChI is InChI=1S/C23H30O3/c1-22-9-7-16(24)12-15(22)3-4-17-19-6-5-18(14-11-21(25)26-13-14)23(19,2)10-8-20(17)22/h5-6,11,15-17,20,24H,3-4,7-10,12-13H2,1-2H3. The van der Waals surface area contributed by atoms with Gasteiger partial charge in [-0.3, -0.25) is 0 Å². The highest BCUT2D eigenvalue weighted by atomic mass is 16.5. The fourth-order valence-corrected chi connectivity index (χ4v) is 7.22. The monoisotopic (exact) mass is 354 g/mol. The third kappa shape index (κ3) is 2.19. The molecule has 26 heavy (non-hydrogen) atoms. The number of esters is 1. The number of carbonyl (C=O) groups excluding carboxylic acids is 1. The molecule has 3 heteroatoms. The van der Waals surface area contributed by atoms with Gasteiger partial charge in [-0.15, -0.1) is 0 Å². The number of aliphatic hydroxyl groups excluding tert-OH is 1. The van der Waals surface area contributed by atoms with Gasteiger partial charge in [-0.1, -0.05) is 31.6 Å². The van der Waals surface area contributed by atoms with Crippen molar-refractivity contribution in [3.63, 3.8) is 0 Å². The third-order valence-corrected chi connectivity index (χ3v) is 8.69. The molecule has 140 valence electrons. The molecule has 0 saturated heterocycles. The first-order valence-corrected chi connectivity index (χ1v) is 10.4. The van der Waals surface area contributed by atoms with E-state index in [1.807, 2.05) is 0 Å². The van der Waals surface area contributed by atoms with Crippen molar-refractivity contribution in [3.05, 3.63) is 34.9 Å². The van der Waals surface area contributed by atoms with Gasteiger partial charge in [0.05, 0.1) is 6.10 Å². The van der Waals surface area contributed by atoms with Gasteiger partial charge in [-0.05, 0) is 73.7 Å². The maximum Gasteiger partial charge on any atom is 0.331 e. The maximum absolute atomic E-state index is 11.6. The molecule has 0 spiro atoms. The predicted octanol–water partition coefficient (Wildman–Crippen LogP) is 4.33. The second kappa shape index (κ2) is 5.58. The van der Waals surface area contributed by atoms with Crippen molar-refractivity contribution in [2.24, 2.45) is 28.6 Å². The Balaban J connectivity index is 1.44. The van der Waals surface area contributed by atoms with E-state index < -0.39 is 0 Å². The van der Waals surface area contributed by atoms with Crippen LogP contribution < -0.4 is 0 Å². The van der Waals surface area contributed by atoms with E-state index in [0.717, 1.165) is 24.3 Å². The lowest BCUT2D eigenvalue weighted by atomic mass is 9.46. The molecule has 6 unspecified atom stereocenters. The molecule has 3 nitrogen and oxygen atoms in total. The summed E-state index contributed by atoms with van der Waals surface area (Å²) < 4.78 is 5.19. The number of allylic oxidation sites excluding steroid dienone is 3. The fraction of sp³-hybridized carbons (Fsp3) is 0.696. The van der Waals surface area contributed by atoms with Gasteiger partial charge in [0, 0.05) is 17.1 Å². The van der Waals surface area contributed by atoms with Crippen molar-refractivity contribution in [2.45, 2.75) is 64.9 Å². The van der Waals surface area contributed by atoms with E-state index in [1.165, 1.54) is 37.7 Å². The zero-order valence-corrected chi connectivity index (χ0v) is 16.0. The van der Waals surface area contributed by atoms with Crippen molar-refractivity contribution in [2.75, 3.05) is 6.61 Å². The van der Waals surface area contributed by atoms with Gasteiger partial charge >= 0.3 is 5.97 Å². The molecular weight excluding hydrogens is 324 g/mol. The number of hydrogen-bond donors (Lipinski definition) is 1. The average Bonchev–Trinajstić information content (AvgIpc) is 3.18. The normalized spacial score (nSPS) is 47.2. The van der Waals surface area contributed by atoms with Crippen LogP contribution in [0.3, 0.4) is 0 Å². The summed E-state index contributed by atoms with van der Waals surface area (Å²) in [5.74, 6) is 1.91. The Morgan fingerprint density at radius 2 is 1.96 bits per heavy atom. The van der Waals surface area contributed by atoms with Crippen LogP contribution in [0.4, 0.5) is 0 Å². The minimum absolute atomic E-state index is 0.0794. The second-order valence-electron chi connectivity index (χ2n) is 9.77. The lowest BCUT2D eigenvalue weighted by Gasteiger charge is -2.59. The van der Waals surface area contributed by atoms with Crippen LogP contribution >= 0.6 is 0 Å². The van der Waals surface area contributed by atoms with E-state index in [-0.39, 0.29) is 17.5 Å². The highest BCUT2D eigenvalue weighted by Crippen LogP contribution is 2.65. The Bertz CT molecular complexity index is 745. The number of cyclic esters (lactones) is 1. The zero-order valence-electron chi connectivity index (χ0n) is 16.0. The van der Waals surface area contributed by atoms with Crippen LogP contribution in [-0.2, 0) is 9.53 Å². The van der Waals surface area contributed by atoms with E-state index in [1.54, 1.807) is 11.6 Å². The number of carbonyl (C=O) groups is 1. The lowest BCUT2D eigenvalue weighted by Crippen LogP contribution is -2.51. The molecule has 1 N–H and O–H groups in total. The van der Waals surface area contributed by atoms with Crippen molar-refractivity contribution in [3.8, 4) is 0 Å². The average molecular weight is 354 g/mol.